The fourth-order valence-electron chi connectivity index (χ4n) is 2.54. The van der Waals surface area contributed by atoms with Crippen LogP contribution in [0.2, 0.25) is 0 Å². The molecule has 2 rings (SSSR count). The van der Waals surface area contributed by atoms with Crippen LogP contribution < -0.4 is 10.2 Å². The summed E-state index contributed by atoms with van der Waals surface area (Å²) in [4.78, 5) is 9.42. The summed E-state index contributed by atoms with van der Waals surface area (Å²) < 4.78 is 0. The molecule has 0 radical (unpaired) electrons. The summed E-state index contributed by atoms with van der Waals surface area (Å²) in [6.45, 7) is 9.79. The third-order valence-electron chi connectivity index (χ3n) is 3.82. The average molecular weight is 262 g/mol. The van der Waals surface area contributed by atoms with Crippen LogP contribution >= 0.6 is 0 Å². The van der Waals surface area contributed by atoms with Gasteiger partial charge in [0, 0.05) is 31.9 Å². The summed E-state index contributed by atoms with van der Waals surface area (Å²) in [6, 6.07) is 4.74. The summed E-state index contributed by atoms with van der Waals surface area (Å²) in [7, 11) is 2.19. The van der Waals surface area contributed by atoms with Crippen molar-refractivity contribution in [3.8, 4) is 0 Å². The smallest absolute Gasteiger partial charge is 0.128 e. The normalized spacial score (nSPS) is 19.2. The Morgan fingerprint density at radius 2 is 2.11 bits per heavy atom. The number of nitrogens with one attached hydrogen (secondary N) is 1. The SMILES string of the molecule is CCNC(C)c1ccc(N2CCCN(C)CC2)nc1. The van der Waals surface area contributed by atoms with Crippen LogP contribution in [0.1, 0.15) is 31.9 Å². The summed E-state index contributed by atoms with van der Waals surface area (Å²) in [6.07, 6.45) is 3.23. The van der Waals surface area contributed by atoms with E-state index in [-0.39, 0.29) is 0 Å². The van der Waals surface area contributed by atoms with Crippen molar-refractivity contribution in [1.29, 1.82) is 0 Å². The first kappa shape index (κ1) is 14.3. The number of likely N-dealkylation sites (N-methyl/N-ethyl adjacent to an activating group) is 1. The van der Waals surface area contributed by atoms with Crippen molar-refractivity contribution in [3.63, 3.8) is 0 Å². The van der Waals surface area contributed by atoms with Gasteiger partial charge >= 0.3 is 0 Å². The molecule has 19 heavy (non-hydrogen) atoms. The highest BCUT2D eigenvalue weighted by Gasteiger charge is 2.13. The lowest BCUT2D eigenvalue weighted by molar-refractivity contribution is 0.360. The molecule has 0 spiro atoms. The van der Waals surface area contributed by atoms with E-state index in [0.29, 0.717) is 6.04 Å². The molecule has 1 aliphatic heterocycles. The molecule has 1 aromatic rings. The molecule has 1 aliphatic rings. The van der Waals surface area contributed by atoms with Gasteiger partial charge < -0.3 is 15.1 Å². The van der Waals surface area contributed by atoms with Crippen LogP contribution in [0.5, 0.6) is 0 Å². The fourth-order valence-corrected chi connectivity index (χ4v) is 2.54. The molecule has 106 valence electrons. The van der Waals surface area contributed by atoms with E-state index in [0.717, 1.165) is 32.0 Å². The molecule has 1 saturated heterocycles. The largest absolute Gasteiger partial charge is 0.355 e. The van der Waals surface area contributed by atoms with Crippen LogP contribution in [-0.4, -0.2) is 49.7 Å². The van der Waals surface area contributed by atoms with Gasteiger partial charge in [-0.1, -0.05) is 13.0 Å². The quantitative estimate of drug-likeness (QED) is 0.898. The monoisotopic (exact) mass is 262 g/mol. The van der Waals surface area contributed by atoms with Gasteiger partial charge in [0.05, 0.1) is 0 Å². The minimum absolute atomic E-state index is 0.377. The maximum atomic E-state index is 4.64. The van der Waals surface area contributed by atoms with E-state index in [1.54, 1.807) is 0 Å². The molecule has 4 heteroatoms. The molecule has 1 unspecified atom stereocenters. The van der Waals surface area contributed by atoms with Gasteiger partial charge in [0.25, 0.3) is 0 Å². The molecule has 1 atom stereocenters. The molecule has 0 bridgehead atoms. The lowest BCUT2D eigenvalue weighted by atomic mass is 10.1. The number of hydrogen-bond donors (Lipinski definition) is 1. The molecule has 2 heterocycles. The Balaban J connectivity index is 2.01. The molecule has 0 saturated carbocycles. The standard InChI is InChI=1S/C15H26N4/c1-4-16-13(2)14-6-7-15(17-12-14)19-9-5-8-18(3)10-11-19/h6-7,12-13,16H,4-5,8-11H2,1-3H3. The molecule has 1 fully saturated rings. The third kappa shape index (κ3) is 3.91. The van der Waals surface area contributed by atoms with Gasteiger partial charge in [-0.3, -0.25) is 0 Å². The van der Waals surface area contributed by atoms with E-state index in [1.807, 2.05) is 6.20 Å². The second kappa shape index (κ2) is 6.87. The number of aromatic nitrogens is 1. The number of rotatable bonds is 4. The van der Waals surface area contributed by atoms with Gasteiger partial charge in [0.15, 0.2) is 0 Å². The summed E-state index contributed by atoms with van der Waals surface area (Å²) in [5.74, 6) is 1.11. The van der Waals surface area contributed by atoms with Crippen molar-refractivity contribution < 1.29 is 0 Å². The molecule has 1 N–H and O–H groups in total. The number of pyridine rings is 1. The third-order valence-corrected chi connectivity index (χ3v) is 3.82. The Kier molecular flexibility index (Phi) is 5.16. The first-order chi connectivity index (χ1) is 9.20. The van der Waals surface area contributed by atoms with Crippen molar-refractivity contribution in [3.05, 3.63) is 23.9 Å². The topological polar surface area (TPSA) is 31.4 Å². The van der Waals surface area contributed by atoms with Crippen molar-refractivity contribution >= 4 is 5.82 Å². The van der Waals surface area contributed by atoms with Gasteiger partial charge in [0.1, 0.15) is 5.82 Å². The Hall–Kier alpha value is -1.13. The number of anilines is 1. The van der Waals surface area contributed by atoms with Crippen LogP contribution in [0.25, 0.3) is 0 Å². The van der Waals surface area contributed by atoms with Gasteiger partial charge in [-0.2, -0.15) is 0 Å². The second-order valence-corrected chi connectivity index (χ2v) is 5.37. The minimum Gasteiger partial charge on any atom is -0.355 e. The van der Waals surface area contributed by atoms with Gasteiger partial charge in [-0.25, -0.2) is 4.98 Å². The van der Waals surface area contributed by atoms with Crippen molar-refractivity contribution in [2.24, 2.45) is 0 Å². The highest BCUT2D eigenvalue weighted by atomic mass is 15.2. The van der Waals surface area contributed by atoms with Gasteiger partial charge in [0.2, 0.25) is 0 Å². The predicted octanol–water partition coefficient (Wildman–Crippen LogP) is 1.89. The van der Waals surface area contributed by atoms with E-state index in [2.05, 4.69) is 53.1 Å². The first-order valence-electron chi connectivity index (χ1n) is 7.33. The predicted molar refractivity (Wildman–Crippen MR) is 80.7 cm³/mol. The maximum Gasteiger partial charge on any atom is 0.128 e. The highest BCUT2D eigenvalue weighted by Crippen LogP contribution is 2.17. The Labute approximate surface area is 116 Å². The van der Waals surface area contributed by atoms with Crippen molar-refractivity contribution in [2.45, 2.75) is 26.3 Å². The van der Waals surface area contributed by atoms with E-state index in [1.165, 1.54) is 18.5 Å². The van der Waals surface area contributed by atoms with Gasteiger partial charge in [-0.05, 0) is 45.1 Å². The van der Waals surface area contributed by atoms with E-state index < -0.39 is 0 Å². The molecule has 0 amide bonds. The molecule has 0 aliphatic carbocycles. The lowest BCUT2D eigenvalue weighted by Crippen LogP contribution is -2.29. The van der Waals surface area contributed by atoms with Crippen LogP contribution in [0, 0.1) is 0 Å². The van der Waals surface area contributed by atoms with Crippen LogP contribution in [0.4, 0.5) is 5.82 Å². The summed E-state index contributed by atoms with van der Waals surface area (Å²) >= 11 is 0. The molecule has 4 nitrogen and oxygen atoms in total. The van der Waals surface area contributed by atoms with E-state index in [4.69, 9.17) is 0 Å². The Bertz CT molecular complexity index is 376. The van der Waals surface area contributed by atoms with Crippen LogP contribution in [0.3, 0.4) is 0 Å². The number of nitrogens with zero attached hydrogens (tertiary/aromatic N) is 3. The fraction of sp³-hybridized carbons (Fsp3) is 0.667. The number of hydrogen-bond acceptors (Lipinski definition) is 4. The Morgan fingerprint density at radius 3 is 2.79 bits per heavy atom. The van der Waals surface area contributed by atoms with Crippen LogP contribution in [-0.2, 0) is 0 Å². The molecular formula is C15H26N4. The zero-order chi connectivity index (χ0) is 13.7. The molecule has 0 aromatic carbocycles. The molecule has 1 aromatic heterocycles. The summed E-state index contributed by atoms with van der Waals surface area (Å²) in [5, 5.41) is 3.42. The van der Waals surface area contributed by atoms with Crippen molar-refractivity contribution in [1.82, 2.24) is 15.2 Å². The van der Waals surface area contributed by atoms with E-state index in [9.17, 15) is 0 Å². The zero-order valence-corrected chi connectivity index (χ0v) is 12.4. The molecular weight excluding hydrogens is 236 g/mol. The zero-order valence-electron chi connectivity index (χ0n) is 12.4. The highest BCUT2D eigenvalue weighted by molar-refractivity contribution is 5.40. The maximum absolute atomic E-state index is 4.64. The Morgan fingerprint density at radius 1 is 1.26 bits per heavy atom. The van der Waals surface area contributed by atoms with Gasteiger partial charge in [-0.15, -0.1) is 0 Å². The average Bonchev–Trinajstić information content (AvgIpc) is 2.64. The minimum atomic E-state index is 0.377. The van der Waals surface area contributed by atoms with E-state index >= 15 is 0 Å². The van der Waals surface area contributed by atoms with Crippen LogP contribution in [0.15, 0.2) is 18.3 Å². The lowest BCUT2D eigenvalue weighted by Gasteiger charge is -2.22. The second-order valence-electron chi connectivity index (χ2n) is 5.37. The summed E-state index contributed by atoms with van der Waals surface area (Å²) in [5.41, 5.74) is 1.26. The first-order valence-corrected chi connectivity index (χ1v) is 7.33. The van der Waals surface area contributed by atoms with Crippen molar-refractivity contribution in [2.75, 3.05) is 44.7 Å².